The summed E-state index contributed by atoms with van der Waals surface area (Å²) >= 11 is 0. The summed E-state index contributed by atoms with van der Waals surface area (Å²) in [6, 6.07) is 7.17. The zero-order valence-electron chi connectivity index (χ0n) is 11.6. The molecule has 0 aliphatic carbocycles. The van der Waals surface area contributed by atoms with Crippen LogP contribution in [0.2, 0.25) is 0 Å². The summed E-state index contributed by atoms with van der Waals surface area (Å²) in [6.07, 6.45) is 3.61. The first kappa shape index (κ1) is 14.2. The van der Waals surface area contributed by atoms with Gasteiger partial charge in [-0.15, -0.1) is 0 Å². The Labute approximate surface area is 117 Å². The number of para-hydroxylation sites is 1. The van der Waals surface area contributed by atoms with E-state index in [2.05, 4.69) is 24.1 Å². The number of nitro groups is 1. The van der Waals surface area contributed by atoms with E-state index in [0.29, 0.717) is 24.7 Å². The van der Waals surface area contributed by atoms with Crippen molar-refractivity contribution >= 4 is 5.69 Å². The molecule has 0 spiro atoms. The number of aromatic nitrogens is 2. The Morgan fingerprint density at radius 3 is 2.85 bits per heavy atom. The molecular weight excluding hydrogens is 256 g/mol. The van der Waals surface area contributed by atoms with E-state index in [1.54, 1.807) is 24.5 Å². The first-order valence-electron chi connectivity index (χ1n) is 6.52. The Morgan fingerprint density at radius 2 is 2.15 bits per heavy atom. The van der Waals surface area contributed by atoms with Gasteiger partial charge in [-0.05, 0) is 0 Å². The van der Waals surface area contributed by atoms with Crippen LogP contribution in [0.3, 0.4) is 0 Å². The van der Waals surface area contributed by atoms with Crippen molar-refractivity contribution < 1.29 is 4.92 Å². The molecule has 0 aliphatic heterocycles. The van der Waals surface area contributed by atoms with Gasteiger partial charge < -0.3 is 9.88 Å². The number of hydrogen-bond donors (Lipinski definition) is 1. The molecule has 0 bridgehead atoms. The molecule has 1 N–H and O–H groups in total. The van der Waals surface area contributed by atoms with Crippen LogP contribution in [0.5, 0.6) is 0 Å². The lowest BCUT2D eigenvalue weighted by Gasteiger charge is -2.05. The standard InChI is InChI=1S/C14H18N4O2/c1-11(2)15-7-13-9-17(10-16-13)8-12-5-3-4-6-14(12)18(19)20/h3-6,9-11,15H,7-8H2,1-2H3. The minimum absolute atomic E-state index is 0.142. The highest BCUT2D eigenvalue weighted by molar-refractivity contribution is 5.39. The van der Waals surface area contributed by atoms with Gasteiger partial charge in [0.2, 0.25) is 0 Å². The number of imidazole rings is 1. The minimum atomic E-state index is -0.354. The average molecular weight is 274 g/mol. The fraction of sp³-hybridized carbons (Fsp3) is 0.357. The maximum atomic E-state index is 11.0. The van der Waals surface area contributed by atoms with Gasteiger partial charge in [-0.25, -0.2) is 4.98 Å². The summed E-state index contributed by atoms with van der Waals surface area (Å²) in [5.41, 5.74) is 1.75. The van der Waals surface area contributed by atoms with E-state index in [1.807, 2.05) is 10.8 Å². The second-order valence-corrected chi connectivity index (χ2v) is 4.96. The van der Waals surface area contributed by atoms with E-state index in [4.69, 9.17) is 0 Å². The molecule has 0 unspecified atom stereocenters. The van der Waals surface area contributed by atoms with Crippen LogP contribution in [0, 0.1) is 10.1 Å². The molecule has 6 heteroatoms. The topological polar surface area (TPSA) is 73.0 Å². The van der Waals surface area contributed by atoms with Gasteiger partial charge in [0, 0.05) is 30.4 Å². The molecular formula is C14H18N4O2. The number of hydrogen-bond acceptors (Lipinski definition) is 4. The molecule has 20 heavy (non-hydrogen) atoms. The van der Waals surface area contributed by atoms with Crippen molar-refractivity contribution in [2.24, 2.45) is 0 Å². The highest BCUT2D eigenvalue weighted by atomic mass is 16.6. The molecule has 0 saturated heterocycles. The predicted octanol–water partition coefficient (Wildman–Crippen LogP) is 2.34. The SMILES string of the molecule is CC(C)NCc1cn(Cc2ccccc2[N+](=O)[O-])cn1. The van der Waals surface area contributed by atoms with Gasteiger partial charge in [-0.3, -0.25) is 10.1 Å². The van der Waals surface area contributed by atoms with E-state index in [9.17, 15) is 10.1 Å². The van der Waals surface area contributed by atoms with Gasteiger partial charge in [0.05, 0.1) is 23.5 Å². The Kier molecular flexibility index (Phi) is 4.47. The van der Waals surface area contributed by atoms with Crippen LogP contribution in [0.4, 0.5) is 5.69 Å². The highest BCUT2D eigenvalue weighted by Gasteiger charge is 2.12. The summed E-state index contributed by atoms with van der Waals surface area (Å²) in [6.45, 7) is 5.29. The molecule has 0 amide bonds. The maximum Gasteiger partial charge on any atom is 0.274 e. The molecule has 2 rings (SSSR count). The monoisotopic (exact) mass is 274 g/mol. The van der Waals surface area contributed by atoms with Crippen molar-refractivity contribution in [2.75, 3.05) is 0 Å². The maximum absolute atomic E-state index is 11.0. The van der Waals surface area contributed by atoms with Crippen molar-refractivity contribution in [1.29, 1.82) is 0 Å². The Bertz CT molecular complexity index is 592. The summed E-state index contributed by atoms with van der Waals surface area (Å²) in [7, 11) is 0. The zero-order chi connectivity index (χ0) is 14.5. The third-order valence-electron chi connectivity index (χ3n) is 2.92. The van der Waals surface area contributed by atoms with Crippen molar-refractivity contribution in [2.45, 2.75) is 33.0 Å². The molecule has 0 fully saturated rings. The quantitative estimate of drug-likeness (QED) is 0.648. The molecule has 0 radical (unpaired) electrons. The van der Waals surface area contributed by atoms with Gasteiger partial charge in [-0.2, -0.15) is 0 Å². The predicted molar refractivity (Wildman–Crippen MR) is 76.4 cm³/mol. The number of rotatable bonds is 6. The number of nitro benzene ring substituents is 1. The van der Waals surface area contributed by atoms with E-state index in [0.717, 1.165) is 5.69 Å². The fourth-order valence-corrected chi connectivity index (χ4v) is 1.91. The lowest BCUT2D eigenvalue weighted by Crippen LogP contribution is -2.21. The van der Waals surface area contributed by atoms with Gasteiger partial charge in [0.25, 0.3) is 5.69 Å². The molecule has 0 aliphatic rings. The Hall–Kier alpha value is -2.21. The number of nitrogens with zero attached hydrogens (tertiary/aromatic N) is 3. The summed E-state index contributed by atoms with van der Waals surface area (Å²) in [5, 5.41) is 14.2. The summed E-state index contributed by atoms with van der Waals surface area (Å²) in [5.74, 6) is 0. The van der Waals surface area contributed by atoms with E-state index < -0.39 is 0 Å². The van der Waals surface area contributed by atoms with Crippen LogP contribution in [-0.2, 0) is 13.1 Å². The summed E-state index contributed by atoms with van der Waals surface area (Å²) < 4.78 is 1.86. The second kappa shape index (κ2) is 6.29. The second-order valence-electron chi connectivity index (χ2n) is 4.96. The smallest absolute Gasteiger partial charge is 0.274 e. The van der Waals surface area contributed by atoms with E-state index in [1.165, 1.54) is 6.07 Å². The third kappa shape index (κ3) is 3.64. The normalized spacial score (nSPS) is 10.9. The molecule has 6 nitrogen and oxygen atoms in total. The van der Waals surface area contributed by atoms with Crippen molar-refractivity contribution in [3.8, 4) is 0 Å². The largest absolute Gasteiger partial charge is 0.332 e. The third-order valence-corrected chi connectivity index (χ3v) is 2.92. The van der Waals surface area contributed by atoms with Crippen molar-refractivity contribution in [3.63, 3.8) is 0 Å². The van der Waals surface area contributed by atoms with Gasteiger partial charge in [0.1, 0.15) is 0 Å². The van der Waals surface area contributed by atoms with Crippen molar-refractivity contribution in [1.82, 2.24) is 14.9 Å². The minimum Gasteiger partial charge on any atom is -0.332 e. The number of nitrogens with one attached hydrogen (secondary N) is 1. The van der Waals surface area contributed by atoms with Crippen LogP contribution in [-0.4, -0.2) is 20.5 Å². The first-order chi connectivity index (χ1) is 9.56. The highest BCUT2D eigenvalue weighted by Crippen LogP contribution is 2.18. The average Bonchev–Trinajstić information content (AvgIpc) is 2.84. The van der Waals surface area contributed by atoms with Gasteiger partial charge in [0.15, 0.2) is 0 Å². The van der Waals surface area contributed by atoms with Crippen LogP contribution in [0.15, 0.2) is 36.8 Å². The van der Waals surface area contributed by atoms with Gasteiger partial charge >= 0.3 is 0 Å². The molecule has 2 aromatic rings. The zero-order valence-corrected chi connectivity index (χ0v) is 11.6. The van der Waals surface area contributed by atoms with Crippen LogP contribution in [0.25, 0.3) is 0 Å². The van der Waals surface area contributed by atoms with Crippen molar-refractivity contribution in [3.05, 3.63) is 58.2 Å². The van der Waals surface area contributed by atoms with Gasteiger partial charge in [-0.1, -0.05) is 32.0 Å². The van der Waals surface area contributed by atoms with Crippen LogP contribution in [0.1, 0.15) is 25.1 Å². The first-order valence-corrected chi connectivity index (χ1v) is 6.52. The molecule has 0 saturated carbocycles. The lowest BCUT2D eigenvalue weighted by molar-refractivity contribution is -0.385. The van der Waals surface area contributed by atoms with Crippen LogP contribution < -0.4 is 5.32 Å². The Morgan fingerprint density at radius 1 is 1.40 bits per heavy atom. The molecule has 1 aromatic carbocycles. The fourth-order valence-electron chi connectivity index (χ4n) is 1.91. The summed E-state index contributed by atoms with van der Waals surface area (Å²) in [4.78, 5) is 14.9. The number of benzene rings is 1. The molecule has 1 heterocycles. The molecule has 1 aromatic heterocycles. The molecule has 0 atom stereocenters. The molecule has 106 valence electrons. The lowest BCUT2D eigenvalue weighted by atomic mass is 10.2. The van der Waals surface area contributed by atoms with E-state index >= 15 is 0 Å². The van der Waals surface area contributed by atoms with Crippen LogP contribution >= 0.6 is 0 Å². The van der Waals surface area contributed by atoms with E-state index in [-0.39, 0.29) is 10.6 Å². The Balaban J connectivity index is 2.09.